The van der Waals surface area contributed by atoms with E-state index in [2.05, 4.69) is 9.97 Å². The lowest BCUT2D eigenvalue weighted by Crippen LogP contribution is -2.23. The zero-order chi connectivity index (χ0) is 19.7. The fraction of sp³-hybridized carbons (Fsp3) is 0.0455. The predicted octanol–water partition coefficient (Wildman–Crippen LogP) is 4.54. The van der Waals surface area contributed by atoms with E-state index >= 15 is 0 Å². The molecule has 0 aliphatic rings. The van der Waals surface area contributed by atoms with Crippen molar-refractivity contribution in [1.82, 2.24) is 14.5 Å². The Morgan fingerprint density at radius 1 is 0.929 bits per heavy atom. The van der Waals surface area contributed by atoms with Crippen LogP contribution in [-0.2, 0) is 0 Å². The molecular formula is C22H15F2N3O. The number of nitrogens with zero attached hydrogens (tertiary/aromatic N) is 3. The van der Waals surface area contributed by atoms with Crippen LogP contribution in [0.3, 0.4) is 0 Å². The van der Waals surface area contributed by atoms with Crippen LogP contribution in [0.5, 0.6) is 0 Å². The van der Waals surface area contributed by atoms with Crippen LogP contribution in [0.4, 0.5) is 8.78 Å². The first kappa shape index (κ1) is 17.7. The van der Waals surface area contributed by atoms with Gasteiger partial charge in [0.25, 0.3) is 5.56 Å². The minimum Gasteiger partial charge on any atom is -0.268 e. The summed E-state index contributed by atoms with van der Waals surface area (Å²) in [6.45, 7) is 1.87. The smallest absolute Gasteiger partial charge is 0.266 e. The summed E-state index contributed by atoms with van der Waals surface area (Å²) < 4.78 is 29.2. The maximum Gasteiger partial charge on any atom is 0.266 e. The lowest BCUT2D eigenvalue weighted by atomic mass is 10.2. The molecule has 0 aliphatic carbocycles. The summed E-state index contributed by atoms with van der Waals surface area (Å²) in [6.07, 6.45) is 3.29. The largest absolute Gasteiger partial charge is 0.268 e. The first-order valence-electron chi connectivity index (χ1n) is 8.62. The summed E-state index contributed by atoms with van der Waals surface area (Å²) >= 11 is 0. The highest BCUT2D eigenvalue weighted by Gasteiger charge is 2.14. The first-order valence-corrected chi connectivity index (χ1v) is 8.62. The molecule has 28 heavy (non-hydrogen) atoms. The quantitative estimate of drug-likeness (QED) is 0.528. The van der Waals surface area contributed by atoms with Crippen molar-refractivity contribution in [2.75, 3.05) is 0 Å². The fourth-order valence-electron chi connectivity index (χ4n) is 2.97. The average Bonchev–Trinajstić information content (AvgIpc) is 2.68. The van der Waals surface area contributed by atoms with E-state index in [1.807, 2.05) is 25.1 Å². The van der Waals surface area contributed by atoms with Crippen molar-refractivity contribution in [3.63, 3.8) is 0 Å². The Balaban J connectivity index is 1.98. The maximum atomic E-state index is 14.4. The van der Waals surface area contributed by atoms with Gasteiger partial charge in [0.2, 0.25) is 0 Å². The van der Waals surface area contributed by atoms with E-state index in [0.717, 1.165) is 16.3 Å². The normalized spacial score (nSPS) is 11.4. The molecule has 0 saturated carbocycles. The van der Waals surface area contributed by atoms with Crippen LogP contribution in [0.15, 0.2) is 65.5 Å². The maximum absolute atomic E-state index is 14.4. The number of aryl methyl sites for hydroxylation is 1. The highest BCUT2D eigenvalue weighted by atomic mass is 19.1. The molecule has 0 radical (unpaired) electrons. The molecule has 0 fully saturated rings. The van der Waals surface area contributed by atoms with Crippen molar-refractivity contribution in [1.29, 1.82) is 0 Å². The first-order chi connectivity index (χ1) is 13.5. The monoisotopic (exact) mass is 375 g/mol. The fourth-order valence-corrected chi connectivity index (χ4v) is 2.97. The van der Waals surface area contributed by atoms with Crippen LogP contribution in [0.2, 0.25) is 0 Å². The molecule has 0 amide bonds. The van der Waals surface area contributed by atoms with Gasteiger partial charge < -0.3 is 0 Å². The van der Waals surface area contributed by atoms with Gasteiger partial charge in [0.05, 0.1) is 22.3 Å². The number of para-hydroxylation sites is 1. The molecule has 6 heteroatoms. The van der Waals surface area contributed by atoms with Gasteiger partial charge in [0.1, 0.15) is 17.5 Å². The van der Waals surface area contributed by atoms with E-state index in [1.54, 1.807) is 18.2 Å². The third-order valence-electron chi connectivity index (χ3n) is 4.26. The topological polar surface area (TPSA) is 47.8 Å². The van der Waals surface area contributed by atoms with E-state index < -0.39 is 17.2 Å². The van der Waals surface area contributed by atoms with Gasteiger partial charge in [0, 0.05) is 5.69 Å². The second kappa shape index (κ2) is 7.15. The van der Waals surface area contributed by atoms with Gasteiger partial charge in [-0.25, -0.2) is 13.8 Å². The second-order valence-electron chi connectivity index (χ2n) is 6.26. The molecule has 2 heterocycles. The highest BCUT2D eigenvalue weighted by Crippen LogP contribution is 2.18. The molecule has 138 valence electrons. The van der Waals surface area contributed by atoms with Crippen LogP contribution < -0.4 is 5.56 Å². The second-order valence-corrected chi connectivity index (χ2v) is 6.26. The van der Waals surface area contributed by atoms with E-state index in [4.69, 9.17) is 0 Å². The molecule has 4 rings (SSSR count). The molecular weight excluding hydrogens is 360 g/mol. The van der Waals surface area contributed by atoms with Gasteiger partial charge in [-0.15, -0.1) is 0 Å². The van der Waals surface area contributed by atoms with Crippen molar-refractivity contribution in [2.24, 2.45) is 0 Å². The highest BCUT2D eigenvalue weighted by molar-refractivity contribution is 5.80. The van der Waals surface area contributed by atoms with Gasteiger partial charge in [-0.2, -0.15) is 0 Å². The van der Waals surface area contributed by atoms with Gasteiger partial charge >= 0.3 is 0 Å². The molecule has 4 aromatic rings. The molecule has 0 bridgehead atoms. The van der Waals surface area contributed by atoms with E-state index in [0.29, 0.717) is 11.2 Å². The molecule has 0 atom stereocenters. The summed E-state index contributed by atoms with van der Waals surface area (Å²) in [5.41, 5.74) is 1.34. The molecule has 0 N–H and O–H groups in total. The number of rotatable bonds is 3. The lowest BCUT2D eigenvalue weighted by Gasteiger charge is -2.12. The number of fused-ring (bicyclic) bond motifs is 1. The zero-order valence-corrected chi connectivity index (χ0v) is 14.9. The van der Waals surface area contributed by atoms with E-state index in [1.165, 1.54) is 30.3 Å². The van der Waals surface area contributed by atoms with E-state index in [-0.39, 0.29) is 16.9 Å². The van der Waals surface area contributed by atoms with Crippen molar-refractivity contribution < 1.29 is 8.78 Å². The Labute approximate surface area is 159 Å². The van der Waals surface area contributed by atoms with Crippen LogP contribution in [0.25, 0.3) is 28.7 Å². The Bertz CT molecular complexity index is 1280. The van der Waals surface area contributed by atoms with Crippen molar-refractivity contribution in [3.05, 3.63) is 99.9 Å². The number of halogens is 2. The third kappa shape index (κ3) is 3.32. The van der Waals surface area contributed by atoms with Crippen molar-refractivity contribution in [3.8, 4) is 5.69 Å². The minimum absolute atomic E-state index is 0.0445. The van der Waals surface area contributed by atoms with Gasteiger partial charge in [-0.05, 0) is 61.5 Å². The predicted molar refractivity (Wildman–Crippen MR) is 105 cm³/mol. The Morgan fingerprint density at radius 3 is 2.54 bits per heavy atom. The van der Waals surface area contributed by atoms with Gasteiger partial charge in [-0.1, -0.05) is 18.2 Å². The average molecular weight is 375 g/mol. The molecule has 2 aromatic heterocycles. The number of hydrogen-bond donors (Lipinski definition) is 0. The summed E-state index contributed by atoms with van der Waals surface area (Å²) in [6, 6.07) is 15.2. The summed E-state index contributed by atoms with van der Waals surface area (Å²) in [4.78, 5) is 21.9. The summed E-state index contributed by atoms with van der Waals surface area (Å²) in [7, 11) is 0. The minimum atomic E-state index is -0.578. The molecule has 0 spiro atoms. The van der Waals surface area contributed by atoms with Gasteiger partial charge in [0.15, 0.2) is 0 Å². The zero-order valence-electron chi connectivity index (χ0n) is 14.9. The Kier molecular flexibility index (Phi) is 4.53. The van der Waals surface area contributed by atoms with E-state index in [9.17, 15) is 13.6 Å². The molecule has 4 nitrogen and oxygen atoms in total. The van der Waals surface area contributed by atoms with Crippen LogP contribution in [0, 0.1) is 18.6 Å². The van der Waals surface area contributed by atoms with Gasteiger partial charge in [-0.3, -0.25) is 14.3 Å². The Hall–Kier alpha value is -3.67. The number of hydrogen-bond acceptors (Lipinski definition) is 3. The molecule has 2 aromatic carbocycles. The summed E-state index contributed by atoms with van der Waals surface area (Å²) in [5.74, 6) is -0.915. The number of benzene rings is 2. The standard InChI is InChI=1S/C22H15F2N3O/c1-14-5-4-6-16(25-14)10-12-21-26-19-11-9-15(23)13-17(19)22(28)27(21)20-8-3-2-7-18(20)24/h2-13H,1H3. The molecule has 0 aliphatic heterocycles. The number of aromatic nitrogens is 3. The Morgan fingerprint density at radius 2 is 1.75 bits per heavy atom. The third-order valence-corrected chi connectivity index (χ3v) is 4.26. The molecule has 0 unspecified atom stereocenters. The van der Waals surface area contributed by atoms with Crippen LogP contribution in [-0.4, -0.2) is 14.5 Å². The van der Waals surface area contributed by atoms with Crippen LogP contribution in [0.1, 0.15) is 17.2 Å². The lowest BCUT2D eigenvalue weighted by molar-refractivity contribution is 0.615. The molecule has 0 saturated heterocycles. The van der Waals surface area contributed by atoms with Crippen molar-refractivity contribution in [2.45, 2.75) is 6.92 Å². The SMILES string of the molecule is Cc1cccc(C=Cc2nc3ccc(F)cc3c(=O)n2-c2ccccc2F)n1. The van der Waals surface area contributed by atoms with Crippen molar-refractivity contribution >= 4 is 23.1 Å². The van der Waals surface area contributed by atoms with Crippen LogP contribution >= 0.6 is 0 Å². The number of pyridine rings is 1. The summed E-state index contributed by atoms with van der Waals surface area (Å²) in [5, 5.41) is 0.0779.